The van der Waals surface area contributed by atoms with Crippen LogP contribution < -0.4 is 14.8 Å². The smallest absolute Gasteiger partial charge is 0.289 e. The van der Waals surface area contributed by atoms with Gasteiger partial charge in [0.2, 0.25) is 11.8 Å². The highest BCUT2D eigenvalue weighted by molar-refractivity contribution is 8.16. The molecule has 0 aliphatic carbocycles. The number of carbonyl (C=O) groups excluding carboxylic acids is 5. The highest BCUT2D eigenvalue weighted by atomic mass is 32.2. The minimum atomic E-state index is -0.970. The van der Waals surface area contributed by atoms with E-state index in [1.807, 2.05) is 31.1 Å². The Labute approximate surface area is 327 Å². The molecule has 3 atom stereocenters. The van der Waals surface area contributed by atoms with E-state index in [0.717, 1.165) is 52.2 Å². The van der Waals surface area contributed by atoms with Crippen LogP contribution in [-0.2, 0) is 40.1 Å². The predicted octanol–water partition coefficient (Wildman–Crippen LogP) is 5.97. The maximum absolute atomic E-state index is 13.5. The monoisotopic (exact) mass is 780 g/mol. The number of hydrogen-bond donors (Lipinski definition) is 2. The predicted molar refractivity (Wildman–Crippen MR) is 210 cm³/mol. The van der Waals surface area contributed by atoms with Crippen LogP contribution in [0.3, 0.4) is 0 Å². The summed E-state index contributed by atoms with van der Waals surface area (Å²) < 4.78 is 9.73. The summed E-state index contributed by atoms with van der Waals surface area (Å²) in [5, 5.41) is 12.1. The van der Waals surface area contributed by atoms with Gasteiger partial charge in [0.15, 0.2) is 0 Å². The zero-order valence-corrected chi connectivity index (χ0v) is 32.2. The molecule has 4 amide bonds. The van der Waals surface area contributed by atoms with E-state index in [0.29, 0.717) is 42.1 Å². The molecule has 284 valence electrons. The van der Waals surface area contributed by atoms with Gasteiger partial charge >= 0.3 is 0 Å². The van der Waals surface area contributed by atoms with Crippen molar-refractivity contribution in [3.05, 3.63) is 119 Å². The van der Waals surface area contributed by atoms with Gasteiger partial charge in [-0.25, -0.2) is 4.79 Å². The summed E-state index contributed by atoms with van der Waals surface area (Å²) in [6, 6.07) is 21.5. The maximum atomic E-state index is 13.5. The van der Waals surface area contributed by atoms with E-state index in [-0.39, 0.29) is 47.6 Å². The lowest BCUT2D eigenvalue weighted by Gasteiger charge is -2.21. The average Bonchev–Trinajstić information content (AvgIpc) is 3.56. The molecule has 12 nitrogen and oxygen atoms in total. The number of aliphatic hydroxyl groups excluding tert-OH is 1. The van der Waals surface area contributed by atoms with E-state index in [4.69, 9.17) is 9.47 Å². The average molecular weight is 781 g/mol. The first-order valence-corrected chi connectivity index (χ1v) is 19.4. The Morgan fingerprint density at radius 2 is 1.44 bits per heavy atom. The summed E-state index contributed by atoms with van der Waals surface area (Å²) in [6.45, 7) is 5.69. The second-order valence-corrected chi connectivity index (χ2v) is 16.6. The second kappa shape index (κ2) is 17.0. The van der Waals surface area contributed by atoms with Gasteiger partial charge in [-0.15, -0.1) is 0 Å². The summed E-state index contributed by atoms with van der Waals surface area (Å²) in [7, 11) is 0. The number of nitrogens with one attached hydrogen (secondary N) is 1. The molecule has 6 rings (SSSR count). The van der Waals surface area contributed by atoms with Gasteiger partial charge in [-0.2, -0.15) is 0 Å². The zero-order valence-electron chi connectivity index (χ0n) is 30.6. The van der Waals surface area contributed by atoms with Crippen molar-refractivity contribution >= 4 is 57.3 Å². The highest BCUT2D eigenvalue weighted by Crippen LogP contribution is 2.40. The standard InChI is InChI=1S/C41H40N4O8S2/c1-4-26-9-16-34(43-21-26)35(47)25-53-32-13-7-28(8-14-32)20-41(3)37(49)45(39(51)55-41)18-17-29-10-15-33(42-22-29)30(23-46)24-52-31-11-5-27(6-12-31)19-40(2)36(48)44-38(50)54-40/h5-16,21-22,35,47H,4,17-20,24-25H2,1-3H3,(H,44,48,50)/t35-,40?,41?/m0/s1. The van der Waals surface area contributed by atoms with E-state index in [2.05, 4.69) is 15.3 Å². The van der Waals surface area contributed by atoms with Crippen LogP contribution in [0.5, 0.6) is 11.5 Å². The largest absolute Gasteiger partial charge is 0.490 e. The first-order chi connectivity index (χ1) is 26.4. The van der Waals surface area contributed by atoms with Crippen LogP contribution in [-0.4, -0.2) is 77.5 Å². The van der Waals surface area contributed by atoms with Crippen molar-refractivity contribution in [1.82, 2.24) is 20.2 Å². The molecule has 0 saturated carbocycles. The van der Waals surface area contributed by atoms with E-state index in [1.54, 1.807) is 80.8 Å². The van der Waals surface area contributed by atoms with Crippen LogP contribution in [0.25, 0.3) is 5.57 Å². The van der Waals surface area contributed by atoms with Gasteiger partial charge in [0.25, 0.3) is 10.5 Å². The van der Waals surface area contributed by atoms with Crippen LogP contribution in [0.15, 0.2) is 85.2 Å². The van der Waals surface area contributed by atoms with E-state index in [9.17, 15) is 29.1 Å². The van der Waals surface area contributed by atoms with Gasteiger partial charge in [-0.3, -0.25) is 39.4 Å². The van der Waals surface area contributed by atoms with Gasteiger partial charge in [-0.1, -0.05) is 43.3 Å². The summed E-state index contributed by atoms with van der Waals surface area (Å²) >= 11 is 1.99. The number of aromatic nitrogens is 2. The number of imide groups is 2. The molecule has 2 unspecified atom stereocenters. The Kier molecular flexibility index (Phi) is 12.2. The first kappa shape index (κ1) is 39.4. The Morgan fingerprint density at radius 1 is 0.818 bits per heavy atom. The number of ether oxygens (including phenoxy) is 2. The quantitative estimate of drug-likeness (QED) is 0.128. The lowest BCUT2D eigenvalue weighted by atomic mass is 9.98. The van der Waals surface area contributed by atoms with E-state index >= 15 is 0 Å². The number of pyridine rings is 2. The third-order valence-electron chi connectivity index (χ3n) is 9.44. The SMILES string of the molecule is CCc1ccc([C@@H](O)COc2ccc(CC3(C)SC(=O)N(CCc4ccc(C(=C=O)COc5ccc(CC6(C)SC(=O)NC6=O)cc5)nc4)C3=O)cc2)nc1. The number of aryl methyl sites for hydroxylation is 1. The maximum Gasteiger partial charge on any atom is 0.289 e. The van der Waals surface area contributed by atoms with Gasteiger partial charge in [-0.05, 0) is 122 Å². The molecule has 2 aliphatic heterocycles. The molecule has 2 aromatic carbocycles. The third kappa shape index (κ3) is 9.52. The number of carbonyl (C=O) groups is 4. The number of rotatable bonds is 16. The lowest BCUT2D eigenvalue weighted by molar-refractivity contribution is -0.129. The molecule has 2 N–H and O–H groups in total. The van der Waals surface area contributed by atoms with Crippen LogP contribution in [0.2, 0.25) is 0 Å². The van der Waals surface area contributed by atoms with Crippen molar-refractivity contribution in [3.8, 4) is 11.5 Å². The van der Waals surface area contributed by atoms with Crippen molar-refractivity contribution in [1.29, 1.82) is 0 Å². The Balaban J connectivity index is 0.964. The molecule has 4 aromatic rings. The van der Waals surface area contributed by atoms with Crippen LogP contribution >= 0.6 is 23.5 Å². The molecule has 0 spiro atoms. The summed E-state index contributed by atoms with van der Waals surface area (Å²) in [6.07, 6.45) is 4.44. The van der Waals surface area contributed by atoms with Crippen molar-refractivity contribution in [2.75, 3.05) is 19.8 Å². The van der Waals surface area contributed by atoms with Gasteiger partial charge in [0.1, 0.15) is 46.3 Å². The van der Waals surface area contributed by atoms with Gasteiger partial charge in [0.05, 0.1) is 17.0 Å². The highest BCUT2D eigenvalue weighted by Gasteiger charge is 2.49. The fourth-order valence-corrected chi connectivity index (χ4v) is 8.22. The number of thioether (sulfide) groups is 2. The Morgan fingerprint density at radius 3 is 2.00 bits per heavy atom. The summed E-state index contributed by atoms with van der Waals surface area (Å²) in [5.74, 6) is 2.40. The number of nitrogens with zero attached hydrogens (tertiary/aromatic N) is 3. The number of aliphatic hydroxyl groups is 1. The molecule has 0 bridgehead atoms. The fourth-order valence-electron chi connectivity index (χ4n) is 6.17. The fraction of sp³-hybridized carbons (Fsp3) is 0.317. The molecule has 2 aromatic heterocycles. The molecule has 0 radical (unpaired) electrons. The molecule has 2 aliphatic rings. The molecule has 14 heteroatoms. The van der Waals surface area contributed by atoms with Gasteiger partial charge < -0.3 is 14.6 Å². The van der Waals surface area contributed by atoms with E-state index < -0.39 is 15.6 Å². The molecular formula is C41H40N4O8S2. The van der Waals surface area contributed by atoms with Crippen molar-refractivity contribution in [2.45, 2.75) is 62.1 Å². The van der Waals surface area contributed by atoms with Crippen molar-refractivity contribution in [3.63, 3.8) is 0 Å². The second-order valence-electron chi connectivity index (χ2n) is 13.7. The normalized spacial score (nSPS) is 20.0. The molecule has 2 fully saturated rings. The summed E-state index contributed by atoms with van der Waals surface area (Å²) in [5.41, 5.74) is 4.73. The van der Waals surface area contributed by atoms with Gasteiger partial charge in [0, 0.05) is 18.9 Å². The topological polar surface area (TPSA) is 165 Å². The number of amides is 4. The van der Waals surface area contributed by atoms with Crippen LogP contribution in [0.1, 0.15) is 60.5 Å². The van der Waals surface area contributed by atoms with E-state index in [1.165, 1.54) is 4.90 Å². The van der Waals surface area contributed by atoms with Crippen LogP contribution in [0, 0.1) is 0 Å². The molecular weight excluding hydrogens is 741 g/mol. The Hall–Kier alpha value is -5.27. The minimum absolute atomic E-state index is 0.0421. The van der Waals surface area contributed by atoms with Crippen molar-refractivity contribution < 1.29 is 38.6 Å². The van der Waals surface area contributed by atoms with Crippen molar-refractivity contribution in [2.24, 2.45) is 0 Å². The number of benzene rings is 2. The first-order valence-electron chi connectivity index (χ1n) is 17.7. The molecule has 4 heterocycles. The summed E-state index contributed by atoms with van der Waals surface area (Å²) in [4.78, 5) is 72.1. The minimum Gasteiger partial charge on any atom is -0.490 e. The van der Waals surface area contributed by atoms with Crippen LogP contribution in [0.4, 0.5) is 9.59 Å². The zero-order chi connectivity index (χ0) is 39.2. The Bertz CT molecular complexity index is 2110. The third-order valence-corrected chi connectivity index (χ3v) is 11.7. The lowest BCUT2D eigenvalue weighted by Crippen LogP contribution is -2.39. The molecule has 2 saturated heterocycles. The molecule has 55 heavy (non-hydrogen) atoms. The number of hydrogen-bond acceptors (Lipinski definition) is 12.